The SMILES string of the molecule is C[C@H]1OC(O[C@H]2CC[C@]3(C=O)[C@H]4CC[C@]5(C)[C@@H](C6=CC(=O)OC6)CC[C@]5(O)[C@@H]4CC[C@]3(O)C2)[C@@H](O)[C@H](O)[C@@H]1O. The summed E-state index contributed by atoms with van der Waals surface area (Å²) >= 11 is 0. The molecule has 10 heteroatoms. The Labute approximate surface area is 228 Å². The average molecular weight is 551 g/mol. The van der Waals surface area contributed by atoms with Crippen LogP contribution in [0.15, 0.2) is 11.6 Å². The number of ether oxygens (including phenoxy) is 3. The number of hydrogen-bond acceptors (Lipinski definition) is 10. The molecule has 4 aliphatic carbocycles. The van der Waals surface area contributed by atoms with Crippen molar-refractivity contribution in [2.45, 2.75) is 120 Å². The molecule has 2 heterocycles. The molecular formula is C29H42O10. The third-order valence-electron chi connectivity index (χ3n) is 12.0. The van der Waals surface area contributed by atoms with Gasteiger partial charge in [-0.3, -0.25) is 0 Å². The van der Waals surface area contributed by atoms with Crippen molar-refractivity contribution in [1.82, 2.24) is 0 Å². The third-order valence-corrected chi connectivity index (χ3v) is 12.0. The van der Waals surface area contributed by atoms with E-state index in [4.69, 9.17) is 14.2 Å². The van der Waals surface area contributed by atoms with E-state index < -0.39 is 58.8 Å². The van der Waals surface area contributed by atoms with Gasteiger partial charge in [-0.1, -0.05) is 6.92 Å². The van der Waals surface area contributed by atoms with Gasteiger partial charge in [-0.2, -0.15) is 0 Å². The maximum Gasteiger partial charge on any atom is 0.331 e. The van der Waals surface area contributed by atoms with Gasteiger partial charge in [0.1, 0.15) is 31.2 Å². The predicted molar refractivity (Wildman–Crippen MR) is 135 cm³/mol. The van der Waals surface area contributed by atoms with E-state index in [1.54, 1.807) is 13.0 Å². The van der Waals surface area contributed by atoms with E-state index in [0.29, 0.717) is 44.9 Å². The summed E-state index contributed by atoms with van der Waals surface area (Å²) in [5.74, 6) is -0.616. The highest BCUT2D eigenvalue weighted by molar-refractivity contribution is 5.85. The summed E-state index contributed by atoms with van der Waals surface area (Å²) in [5, 5.41) is 55.0. The van der Waals surface area contributed by atoms with Crippen LogP contribution in [-0.2, 0) is 23.8 Å². The Morgan fingerprint density at radius 1 is 0.974 bits per heavy atom. The van der Waals surface area contributed by atoms with E-state index in [9.17, 15) is 35.1 Å². The first-order valence-electron chi connectivity index (χ1n) is 14.5. The quantitative estimate of drug-likeness (QED) is 0.192. The molecule has 0 radical (unpaired) electrons. The summed E-state index contributed by atoms with van der Waals surface area (Å²) < 4.78 is 16.9. The molecule has 0 aromatic rings. The molecule has 1 saturated heterocycles. The second kappa shape index (κ2) is 9.31. The molecule has 0 aromatic heterocycles. The van der Waals surface area contributed by atoms with Gasteiger partial charge in [0, 0.05) is 17.9 Å². The van der Waals surface area contributed by atoms with Crippen molar-refractivity contribution in [3.8, 4) is 0 Å². The average Bonchev–Trinajstić information content (AvgIpc) is 3.45. The van der Waals surface area contributed by atoms with Crippen molar-refractivity contribution in [3.05, 3.63) is 11.6 Å². The minimum absolute atomic E-state index is 0.0465. The van der Waals surface area contributed by atoms with Crippen LogP contribution in [0, 0.1) is 28.6 Å². The number of cyclic esters (lactones) is 1. The first-order chi connectivity index (χ1) is 18.4. The van der Waals surface area contributed by atoms with Crippen LogP contribution in [0.1, 0.15) is 71.6 Å². The van der Waals surface area contributed by atoms with Gasteiger partial charge >= 0.3 is 5.97 Å². The highest BCUT2D eigenvalue weighted by Crippen LogP contribution is 2.70. The lowest BCUT2D eigenvalue weighted by atomic mass is 9.41. The van der Waals surface area contributed by atoms with Gasteiger partial charge < -0.3 is 44.5 Å². The van der Waals surface area contributed by atoms with Gasteiger partial charge in [-0.05, 0) is 81.6 Å². The fourth-order valence-electron chi connectivity index (χ4n) is 9.75. The topological polar surface area (TPSA) is 163 Å². The van der Waals surface area contributed by atoms with Crippen LogP contribution in [0.25, 0.3) is 0 Å². The number of carbonyl (C=O) groups is 2. The van der Waals surface area contributed by atoms with E-state index in [0.717, 1.165) is 18.3 Å². The number of aliphatic hydroxyl groups excluding tert-OH is 3. The van der Waals surface area contributed by atoms with Crippen molar-refractivity contribution in [1.29, 1.82) is 0 Å². The van der Waals surface area contributed by atoms with Gasteiger partial charge in [0.05, 0.1) is 28.8 Å². The van der Waals surface area contributed by atoms with Crippen LogP contribution in [-0.4, -0.2) is 92.4 Å². The highest BCUT2D eigenvalue weighted by atomic mass is 16.7. The fraction of sp³-hybridized carbons (Fsp3) is 0.862. The largest absolute Gasteiger partial charge is 0.458 e. The fourth-order valence-corrected chi connectivity index (χ4v) is 9.75. The zero-order chi connectivity index (χ0) is 28.0. The summed E-state index contributed by atoms with van der Waals surface area (Å²) in [7, 11) is 0. The Balaban J connectivity index is 1.22. The molecule has 6 rings (SSSR count). The molecular weight excluding hydrogens is 508 g/mol. The first-order valence-corrected chi connectivity index (χ1v) is 14.5. The molecule has 5 N–H and O–H groups in total. The number of esters is 1. The molecule has 1 unspecified atom stereocenters. The van der Waals surface area contributed by atoms with Crippen LogP contribution < -0.4 is 0 Å². The molecule has 0 bridgehead atoms. The van der Waals surface area contributed by atoms with Crippen molar-refractivity contribution in [2.24, 2.45) is 28.6 Å². The van der Waals surface area contributed by atoms with Gasteiger partial charge in [-0.15, -0.1) is 0 Å². The minimum Gasteiger partial charge on any atom is -0.458 e. The second-order valence-corrected chi connectivity index (χ2v) is 13.4. The lowest BCUT2D eigenvalue weighted by molar-refractivity contribution is -0.317. The number of hydrogen-bond donors (Lipinski definition) is 5. The molecule has 0 spiro atoms. The van der Waals surface area contributed by atoms with E-state index in [1.807, 2.05) is 0 Å². The summed E-state index contributed by atoms with van der Waals surface area (Å²) in [4.78, 5) is 24.8. The molecule has 10 nitrogen and oxygen atoms in total. The molecule has 218 valence electrons. The lowest BCUT2D eigenvalue weighted by Crippen LogP contribution is -2.69. The summed E-state index contributed by atoms with van der Waals surface area (Å²) in [6.45, 7) is 3.98. The summed E-state index contributed by atoms with van der Waals surface area (Å²) in [6.07, 6.45) is 0.689. The molecule has 0 amide bonds. The monoisotopic (exact) mass is 550 g/mol. The Morgan fingerprint density at radius 3 is 2.41 bits per heavy atom. The minimum atomic E-state index is -1.43. The first kappa shape index (κ1) is 27.8. The van der Waals surface area contributed by atoms with Crippen LogP contribution in [0.3, 0.4) is 0 Å². The van der Waals surface area contributed by atoms with Crippen molar-refractivity contribution in [3.63, 3.8) is 0 Å². The van der Waals surface area contributed by atoms with Gasteiger partial charge in [0.25, 0.3) is 0 Å². The van der Waals surface area contributed by atoms with Gasteiger partial charge in [0.15, 0.2) is 6.29 Å². The summed E-state index contributed by atoms with van der Waals surface area (Å²) in [5.41, 5.74) is -2.86. The second-order valence-electron chi connectivity index (χ2n) is 13.4. The van der Waals surface area contributed by atoms with E-state index in [-0.39, 0.29) is 36.8 Å². The van der Waals surface area contributed by atoms with E-state index >= 15 is 0 Å². The predicted octanol–water partition coefficient (Wildman–Crippen LogP) is 0.750. The molecule has 0 aromatic carbocycles. The number of carbonyl (C=O) groups excluding carboxylic acids is 2. The van der Waals surface area contributed by atoms with Crippen LogP contribution in [0.4, 0.5) is 0 Å². The number of rotatable bonds is 4. The standard InChI is InChI=1S/C29H42O10/c1-15-22(32)23(33)24(34)25(38-15)39-17-3-8-27(14-30)19-4-7-26(2)18(16-11-21(31)37-13-16)6-10-29(26,36)20(19)5-9-28(27,35)12-17/h11,14-15,17-20,22-25,32-36H,3-10,12-13H2,1-2H3/t15-,17+,18-,19+,20-,22-,23-,24+,25?,26-,27+,28+,29+/m1/s1. The molecule has 6 aliphatic rings. The van der Waals surface area contributed by atoms with Crippen LogP contribution in [0.5, 0.6) is 0 Å². The number of aliphatic hydroxyl groups is 5. The normalized spacial score (nSPS) is 55.2. The van der Waals surface area contributed by atoms with E-state index in [2.05, 4.69) is 6.92 Å². The molecule has 2 aliphatic heterocycles. The van der Waals surface area contributed by atoms with Crippen molar-refractivity contribution >= 4 is 12.3 Å². The maximum absolute atomic E-state index is 13.0. The van der Waals surface area contributed by atoms with Crippen LogP contribution >= 0.6 is 0 Å². The third kappa shape index (κ3) is 3.78. The zero-order valence-electron chi connectivity index (χ0n) is 22.7. The Morgan fingerprint density at radius 2 is 1.72 bits per heavy atom. The molecule has 5 fully saturated rings. The Bertz CT molecular complexity index is 1050. The van der Waals surface area contributed by atoms with Gasteiger partial charge in [0.2, 0.25) is 0 Å². The molecule has 4 saturated carbocycles. The highest BCUT2D eigenvalue weighted by Gasteiger charge is 2.71. The number of fused-ring (bicyclic) bond motifs is 5. The smallest absolute Gasteiger partial charge is 0.331 e. The van der Waals surface area contributed by atoms with Gasteiger partial charge in [-0.25, -0.2) is 4.79 Å². The van der Waals surface area contributed by atoms with Crippen molar-refractivity contribution < 1.29 is 49.3 Å². The Hall–Kier alpha value is -1.40. The zero-order valence-corrected chi connectivity index (χ0v) is 22.7. The number of aldehydes is 1. The summed E-state index contributed by atoms with van der Waals surface area (Å²) in [6, 6.07) is 0. The van der Waals surface area contributed by atoms with Crippen LogP contribution in [0.2, 0.25) is 0 Å². The molecule has 13 atom stereocenters. The van der Waals surface area contributed by atoms with Crippen molar-refractivity contribution in [2.75, 3.05) is 6.61 Å². The maximum atomic E-state index is 13.0. The Kier molecular flexibility index (Phi) is 6.62. The van der Waals surface area contributed by atoms with E-state index in [1.165, 1.54) is 0 Å². The molecule has 39 heavy (non-hydrogen) atoms. The lowest BCUT2D eigenvalue weighted by Gasteiger charge is -2.65.